The first-order chi connectivity index (χ1) is 20.4. The minimum atomic E-state index is 0.352. The van der Waals surface area contributed by atoms with E-state index in [1.54, 1.807) is 5.57 Å². The third-order valence-corrected chi connectivity index (χ3v) is 9.88. The van der Waals surface area contributed by atoms with Crippen molar-refractivity contribution < 1.29 is 4.79 Å². The fraction of sp³-hybridized carbons (Fsp3) is 0.923. The van der Waals surface area contributed by atoms with Crippen molar-refractivity contribution in [1.82, 2.24) is 9.80 Å². The second-order valence-electron chi connectivity index (χ2n) is 14.4. The number of allylic oxidation sites excluding steroid dienone is 2. The van der Waals surface area contributed by atoms with Crippen LogP contribution in [-0.2, 0) is 4.79 Å². The van der Waals surface area contributed by atoms with Crippen LogP contribution in [0.1, 0.15) is 194 Å². The summed E-state index contributed by atoms with van der Waals surface area (Å²) in [4.78, 5) is 16.8. The smallest absolute Gasteiger partial charge is 0.222 e. The van der Waals surface area contributed by atoms with Gasteiger partial charge in [0.15, 0.2) is 0 Å². The summed E-state index contributed by atoms with van der Waals surface area (Å²) in [5.74, 6) is 0.352. The van der Waals surface area contributed by atoms with Gasteiger partial charge in [-0.15, -0.1) is 0 Å². The molecule has 0 saturated heterocycles. The first-order valence-corrected chi connectivity index (χ1v) is 19.0. The Kier molecular flexibility index (Phi) is 24.8. The van der Waals surface area contributed by atoms with Crippen molar-refractivity contribution in [3.63, 3.8) is 0 Å². The molecule has 0 N–H and O–H groups in total. The average Bonchev–Trinajstić information content (AvgIpc) is 3.75. The lowest BCUT2D eigenvalue weighted by atomic mass is 9.91. The Labute approximate surface area is 265 Å². The van der Waals surface area contributed by atoms with Gasteiger partial charge in [0, 0.05) is 20.0 Å². The Bertz CT molecular complexity index is 629. The van der Waals surface area contributed by atoms with Gasteiger partial charge in [0.1, 0.15) is 0 Å². The van der Waals surface area contributed by atoms with Crippen LogP contribution in [0.5, 0.6) is 0 Å². The number of hydrogen-bond donors (Lipinski definition) is 0. The van der Waals surface area contributed by atoms with Crippen molar-refractivity contribution in [2.24, 2.45) is 5.41 Å². The first kappa shape index (κ1) is 39.2. The third kappa shape index (κ3) is 22.7. The van der Waals surface area contributed by atoms with Crippen molar-refractivity contribution in [2.45, 2.75) is 194 Å². The number of carbonyl (C=O) groups is 1. The van der Waals surface area contributed by atoms with E-state index in [1.165, 1.54) is 161 Å². The maximum Gasteiger partial charge on any atom is 0.222 e. The molecule has 3 nitrogen and oxygen atoms in total. The number of rotatable bonds is 31. The van der Waals surface area contributed by atoms with Crippen molar-refractivity contribution in [3.8, 4) is 0 Å². The summed E-state index contributed by atoms with van der Waals surface area (Å²) in [6.45, 7) is 6.64. The van der Waals surface area contributed by atoms with Crippen molar-refractivity contribution >= 4 is 5.91 Å². The van der Waals surface area contributed by atoms with E-state index in [9.17, 15) is 4.79 Å². The van der Waals surface area contributed by atoms with Crippen LogP contribution in [0.2, 0.25) is 0 Å². The molecule has 0 radical (unpaired) electrons. The van der Waals surface area contributed by atoms with Gasteiger partial charge < -0.3 is 9.80 Å². The van der Waals surface area contributed by atoms with Crippen LogP contribution in [0.25, 0.3) is 0 Å². The van der Waals surface area contributed by atoms with Crippen LogP contribution >= 0.6 is 0 Å². The molecule has 1 rings (SSSR count). The molecule has 248 valence electrons. The van der Waals surface area contributed by atoms with Crippen LogP contribution in [0, 0.1) is 5.41 Å². The van der Waals surface area contributed by atoms with Gasteiger partial charge in [0.05, 0.1) is 0 Å². The standard InChI is InChI=1S/C39H76N2O/c1-6-8-10-12-14-16-18-20-27-37(28-21-19-17-15-13-11-9-7-2)29-22-23-31-39(33-34-39)32-26-30-38(42)41(5)36-25-24-35-40(3)4/h29H,6-28,30-36H2,1-5H3. The van der Waals surface area contributed by atoms with E-state index >= 15 is 0 Å². The fourth-order valence-electron chi connectivity index (χ4n) is 6.59. The van der Waals surface area contributed by atoms with E-state index in [0.29, 0.717) is 11.3 Å². The highest BCUT2D eigenvalue weighted by Gasteiger charge is 2.40. The summed E-state index contributed by atoms with van der Waals surface area (Å²) in [5.41, 5.74) is 2.35. The van der Waals surface area contributed by atoms with Crippen LogP contribution in [0.4, 0.5) is 0 Å². The van der Waals surface area contributed by atoms with Crippen LogP contribution in [-0.4, -0.2) is 49.9 Å². The minimum absolute atomic E-state index is 0.352. The molecule has 0 aromatic carbocycles. The molecule has 1 aliphatic rings. The molecule has 0 heterocycles. The Morgan fingerprint density at radius 2 is 1.05 bits per heavy atom. The SMILES string of the molecule is CCCCCCCCCCC(=CCCCC1(CCCC(=O)N(C)CCCCN(C)C)CC1)CCCCCCCCCC. The molecule has 0 atom stereocenters. The summed E-state index contributed by atoms with van der Waals surface area (Å²) >= 11 is 0. The fourth-order valence-corrected chi connectivity index (χ4v) is 6.59. The third-order valence-electron chi connectivity index (χ3n) is 9.88. The maximum atomic E-state index is 12.6. The summed E-state index contributed by atoms with van der Waals surface area (Å²) in [6.07, 6.45) is 40.2. The molecule has 0 aromatic heterocycles. The largest absolute Gasteiger partial charge is 0.346 e. The highest BCUT2D eigenvalue weighted by atomic mass is 16.2. The molecule has 1 saturated carbocycles. The zero-order valence-corrected chi connectivity index (χ0v) is 29.6. The molecule has 0 aromatic rings. The Hall–Kier alpha value is -0.830. The number of hydrogen-bond acceptors (Lipinski definition) is 2. The predicted octanol–water partition coefficient (Wildman–Crippen LogP) is 11.9. The van der Waals surface area contributed by atoms with E-state index in [4.69, 9.17) is 0 Å². The van der Waals surface area contributed by atoms with Gasteiger partial charge in [-0.05, 0) is 110 Å². The highest BCUT2D eigenvalue weighted by Crippen LogP contribution is 2.53. The van der Waals surface area contributed by atoms with Gasteiger partial charge in [-0.25, -0.2) is 0 Å². The van der Waals surface area contributed by atoms with E-state index in [0.717, 1.165) is 32.4 Å². The van der Waals surface area contributed by atoms with Crippen LogP contribution in [0.3, 0.4) is 0 Å². The van der Waals surface area contributed by atoms with Crippen molar-refractivity contribution in [2.75, 3.05) is 34.2 Å². The molecule has 0 aliphatic heterocycles. The lowest BCUT2D eigenvalue weighted by molar-refractivity contribution is -0.130. The second kappa shape index (κ2) is 26.6. The van der Waals surface area contributed by atoms with E-state index in [1.807, 2.05) is 11.9 Å². The molecule has 0 bridgehead atoms. The molecular formula is C39H76N2O. The summed E-state index contributed by atoms with van der Waals surface area (Å²) in [7, 11) is 6.23. The zero-order valence-electron chi connectivity index (χ0n) is 29.6. The molecule has 0 spiro atoms. The number of carbonyl (C=O) groups excluding carboxylic acids is 1. The second-order valence-corrected chi connectivity index (χ2v) is 14.4. The molecule has 0 unspecified atom stereocenters. The van der Waals surface area contributed by atoms with Gasteiger partial charge in [0.2, 0.25) is 5.91 Å². The summed E-state index contributed by atoms with van der Waals surface area (Å²) in [6, 6.07) is 0. The predicted molar refractivity (Wildman–Crippen MR) is 187 cm³/mol. The minimum Gasteiger partial charge on any atom is -0.346 e. The number of amides is 1. The van der Waals surface area contributed by atoms with Gasteiger partial charge in [-0.2, -0.15) is 0 Å². The van der Waals surface area contributed by atoms with Crippen molar-refractivity contribution in [3.05, 3.63) is 11.6 Å². The summed E-state index contributed by atoms with van der Waals surface area (Å²) < 4.78 is 0. The lowest BCUT2D eigenvalue weighted by Gasteiger charge is -2.19. The van der Waals surface area contributed by atoms with Crippen molar-refractivity contribution in [1.29, 1.82) is 0 Å². The van der Waals surface area contributed by atoms with E-state index in [-0.39, 0.29) is 0 Å². The lowest BCUT2D eigenvalue weighted by Crippen LogP contribution is -2.28. The molecule has 42 heavy (non-hydrogen) atoms. The first-order valence-electron chi connectivity index (χ1n) is 19.0. The molecule has 3 heteroatoms. The van der Waals surface area contributed by atoms with E-state index in [2.05, 4.69) is 38.9 Å². The van der Waals surface area contributed by atoms with Gasteiger partial charge in [-0.3, -0.25) is 4.79 Å². The van der Waals surface area contributed by atoms with Gasteiger partial charge in [0.25, 0.3) is 0 Å². The normalized spacial score (nSPS) is 14.0. The maximum absolute atomic E-state index is 12.6. The Morgan fingerprint density at radius 1 is 0.571 bits per heavy atom. The molecule has 1 fully saturated rings. The highest BCUT2D eigenvalue weighted by molar-refractivity contribution is 5.75. The quantitative estimate of drug-likeness (QED) is 0.0594. The summed E-state index contributed by atoms with van der Waals surface area (Å²) in [5, 5.41) is 0. The van der Waals surface area contributed by atoms with Gasteiger partial charge >= 0.3 is 0 Å². The van der Waals surface area contributed by atoms with E-state index < -0.39 is 0 Å². The number of nitrogens with zero attached hydrogens (tertiary/aromatic N) is 2. The molecule has 1 aliphatic carbocycles. The topological polar surface area (TPSA) is 23.6 Å². The molecular weight excluding hydrogens is 512 g/mol. The zero-order chi connectivity index (χ0) is 30.7. The number of unbranched alkanes of at least 4 members (excludes halogenated alkanes) is 16. The van der Waals surface area contributed by atoms with Gasteiger partial charge in [-0.1, -0.05) is 115 Å². The van der Waals surface area contributed by atoms with Crippen LogP contribution < -0.4 is 0 Å². The van der Waals surface area contributed by atoms with Crippen LogP contribution in [0.15, 0.2) is 11.6 Å². The Balaban J connectivity index is 2.30. The average molecular weight is 589 g/mol. The Morgan fingerprint density at radius 3 is 1.55 bits per heavy atom. The monoisotopic (exact) mass is 589 g/mol. The molecule has 1 amide bonds.